The van der Waals surface area contributed by atoms with E-state index in [1.165, 1.54) is 98.4 Å². The minimum Gasteiger partial charge on any atom is -0.309 e. The van der Waals surface area contributed by atoms with Gasteiger partial charge in [0.2, 0.25) is 0 Å². The first-order chi connectivity index (χ1) is 24.8. The van der Waals surface area contributed by atoms with Crippen LogP contribution in [0.5, 0.6) is 0 Å². The Balaban J connectivity index is 1.08. The first kappa shape index (κ1) is 27.3. The van der Waals surface area contributed by atoms with Crippen LogP contribution in [-0.2, 0) is 0 Å². The summed E-state index contributed by atoms with van der Waals surface area (Å²) in [5.41, 5.74) is 9.65. The third-order valence-electron chi connectivity index (χ3n) is 10.7. The van der Waals surface area contributed by atoms with Gasteiger partial charge in [-0.25, -0.2) is 0 Å². The molecule has 0 aliphatic rings. The third-order valence-corrected chi connectivity index (χ3v) is 10.7. The smallest absolute Gasteiger partial charge is 0.0541 e. The molecule has 11 aromatic rings. The molecule has 2 aromatic heterocycles. The van der Waals surface area contributed by atoms with Crippen molar-refractivity contribution in [1.82, 2.24) is 9.13 Å². The van der Waals surface area contributed by atoms with Crippen LogP contribution in [0, 0.1) is 0 Å². The Bertz CT molecular complexity index is 3160. The number of aromatic nitrogens is 2. The zero-order valence-electron chi connectivity index (χ0n) is 27.2. The van der Waals surface area contributed by atoms with Crippen molar-refractivity contribution in [3.8, 4) is 22.5 Å². The molecule has 232 valence electrons. The van der Waals surface area contributed by atoms with Gasteiger partial charge in [-0.1, -0.05) is 121 Å². The lowest BCUT2D eigenvalue weighted by Crippen LogP contribution is -1.94. The summed E-state index contributed by atoms with van der Waals surface area (Å²) in [5.74, 6) is 0. The lowest BCUT2D eigenvalue weighted by atomic mass is 10.0. The summed E-state index contributed by atoms with van der Waals surface area (Å²) >= 11 is 0. The van der Waals surface area contributed by atoms with E-state index in [4.69, 9.17) is 0 Å². The van der Waals surface area contributed by atoms with Crippen molar-refractivity contribution in [1.29, 1.82) is 0 Å². The minimum atomic E-state index is 1.18. The summed E-state index contributed by atoms with van der Waals surface area (Å²) in [6.45, 7) is 0. The third kappa shape index (κ3) is 3.96. The van der Waals surface area contributed by atoms with Crippen LogP contribution in [0.4, 0.5) is 0 Å². The highest BCUT2D eigenvalue weighted by Gasteiger charge is 2.16. The van der Waals surface area contributed by atoms with E-state index in [2.05, 4.69) is 191 Å². The van der Waals surface area contributed by atoms with Crippen molar-refractivity contribution in [2.45, 2.75) is 0 Å². The minimum absolute atomic E-state index is 1.18. The molecule has 0 N–H and O–H groups in total. The average Bonchev–Trinajstić information content (AvgIpc) is 3.69. The molecule has 2 nitrogen and oxygen atoms in total. The molecule has 2 heteroatoms. The van der Waals surface area contributed by atoms with Crippen LogP contribution in [0.1, 0.15) is 0 Å². The number of hydrogen-bond donors (Lipinski definition) is 0. The molecular weight excluding hydrogens is 605 g/mol. The molecule has 0 amide bonds. The monoisotopic (exact) mass is 634 g/mol. The number of rotatable bonds is 3. The number of hydrogen-bond acceptors (Lipinski definition) is 0. The maximum Gasteiger partial charge on any atom is 0.0541 e. The molecule has 0 radical (unpaired) electrons. The zero-order valence-corrected chi connectivity index (χ0v) is 27.2. The van der Waals surface area contributed by atoms with Gasteiger partial charge in [-0.3, -0.25) is 0 Å². The Labute approximate surface area is 288 Å². The lowest BCUT2D eigenvalue weighted by Gasteiger charge is -2.11. The first-order valence-corrected chi connectivity index (χ1v) is 17.3. The summed E-state index contributed by atoms with van der Waals surface area (Å²) in [6.07, 6.45) is 0. The van der Waals surface area contributed by atoms with Gasteiger partial charge in [-0.05, 0) is 104 Å². The second kappa shape index (κ2) is 10.4. The molecule has 11 rings (SSSR count). The molecule has 0 bridgehead atoms. The Morgan fingerprint density at radius 2 is 0.680 bits per heavy atom. The van der Waals surface area contributed by atoms with E-state index in [9.17, 15) is 0 Å². The van der Waals surface area contributed by atoms with E-state index in [0.29, 0.717) is 0 Å². The molecule has 0 saturated carbocycles. The average molecular weight is 635 g/mol. The molecular formula is C48H30N2. The van der Waals surface area contributed by atoms with Gasteiger partial charge in [-0.2, -0.15) is 0 Å². The van der Waals surface area contributed by atoms with E-state index in [1.807, 2.05) is 0 Å². The second-order valence-electron chi connectivity index (χ2n) is 13.4. The van der Waals surface area contributed by atoms with E-state index < -0.39 is 0 Å². The summed E-state index contributed by atoms with van der Waals surface area (Å²) in [6, 6.07) is 66.9. The maximum atomic E-state index is 2.42. The molecule has 0 saturated heterocycles. The fourth-order valence-corrected chi connectivity index (χ4v) is 8.32. The largest absolute Gasteiger partial charge is 0.309 e. The Hall–Kier alpha value is -6.64. The molecule has 50 heavy (non-hydrogen) atoms. The summed E-state index contributed by atoms with van der Waals surface area (Å²) in [4.78, 5) is 0. The van der Waals surface area contributed by atoms with Gasteiger partial charge in [0.25, 0.3) is 0 Å². The van der Waals surface area contributed by atoms with Gasteiger partial charge in [-0.15, -0.1) is 0 Å². The highest BCUT2D eigenvalue weighted by molar-refractivity contribution is 6.13. The van der Waals surface area contributed by atoms with Crippen molar-refractivity contribution >= 4 is 75.9 Å². The summed E-state index contributed by atoms with van der Waals surface area (Å²) < 4.78 is 4.83. The van der Waals surface area contributed by atoms with Crippen LogP contribution in [0.25, 0.3) is 98.4 Å². The van der Waals surface area contributed by atoms with Crippen LogP contribution in [0.15, 0.2) is 182 Å². The van der Waals surface area contributed by atoms with Gasteiger partial charge in [0, 0.05) is 32.9 Å². The molecule has 0 aliphatic carbocycles. The molecule has 2 heterocycles. The zero-order chi connectivity index (χ0) is 32.8. The summed E-state index contributed by atoms with van der Waals surface area (Å²) in [7, 11) is 0. The predicted octanol–water partition coefficient (Wildman–Crippen LogP) is 13.0. The summed E-state index contributed by atoms with van der Waals surface area (Å²) in [5, 5.41) is 12.6. The van der Waals surface area contributed by atoms with Gasteiger partial charge >= 0.3 is 0 Å². The van der Waals surface area contributed by atoms with Crippen LogP contribution < -0.4 is 0 Å². The fraction of sp³-hybridized carbons (Fsp3) is 0. The number of fused-ring (bicyclic) bond motifs is 10. The number of benzene rings is 9. The van der Waals surface area contributed by atoms with E-state index in [1.54, 1.807) is 0 Å². The Kier molecular flexibility index (Phi) is 5.70. The van der Waals surface area contributed by atoms with Crippen molar-refractivity contribution in [2.24, 2.45) is 0 Å². The Morgan fingerprint density at radius 1 is 0.240 bits per heavy atom. The topological polar surface area (TPSA) is 9.86 Å². The van der Waals surface area contributed by atoms with E-state index in [0.717, 1.165) is 0 Å². The van der Waals surface area contributed by atoms with Crippen molar-refractivity contribution in [2.75, 3.05) is 0 Å². The molecule has 9 aromatic carbocycles. The van der Waals surface area contributed by atoms with Gasteiger partial charge in [0.05, 0.1) is 22.1 Å². The maximum absolute atomic E-state index is 2.42. The van der Waals surface area contributed by atoms with Crippen molar-refractivity contribution < 1.29 is 0 Å². The first-order valence-electron chi connectivity index (χ1n) is 17.3. The number of para-hydroxylation sites is 2. The SMILES string of the molecule is c1ccc2cc(-n3c4ccccc4c4cc(-c5ccc6c(c5)c5ccccc5n6-c5ccc6c(ccc7ccccc76)c5)ccc43)ccc2c1. The molecule has 0 unspecified atom stereocenters. The highest BCUT2D eigenvalue weighted by Crippen LogP contribution is 2.39. The normalized spacial score (nSPS) is 12.0. The van der Waals surface area contributed by atoms with Crippen LogP contribution in [-0.4, -0.2) is 9.13 Å². The van der Waals surface area contributed by atoms with Gasteiger partial charge in [0.1, 0.15) is 0 Å². The molecule has 0 fully saturated rings. The molecule has 0 aliphatic heterocycles. The van der Waals surface area contributed by atoms with Crippen LogP contribution >= 0.6 is 0 Å². The van der Waals surface area contributed by atoms with Crippen molar-refractivity contribution in [3.05, 3.63) is 182 Å². The molecule has 0 spiro atoms. The standard InChI is InChI=1S/C48H30N2/c1-2-11-33-27-37(22-19-31(33)9-1)49-45-15-7-5-13-41(45)43-29-34(20-25-47(43)49)35-21-26-48-44(30-35)42-14-6-8-16-46(42)50(48)38-23-24-40-36(28-38)18-17-32-10-3-4-12-39(32)40/h1-30H. The van der Waals surface area contributed by atoms with E-state index in [-0.39, 0.29) is 0 Å². The highest BCUT2D eigenvalue weighted by atomic mass is 15.0. The number of nitrogens with zero attached hydrogens (tertiary/aromatic N) is 2. The molecule has 0 atom stereocenters. The lowest BCUT2D eigenvalue weighted by molar-refractivity contribution is 1.18. The van der Waals surface area contributed by atoms with Crippen molar-refractivity contribution in [3.63, 3.8) is 0 Å². The van der Waals surface area contributed by atoms with Gasteiger partial charge < -0.3 is 9.13 Å². The predicted molar refractivity (Wildman–Crippen MR) is 213 cm³/mol. The van der Waals surface area contributed by atoms with Gasteiger partial charge in [0.15, 0.2) is 0 Å². The van der Waals surface area contributed by atoms with E-state index >= 15 is 0 Å². The van der Waals surface area contributed by atoms with Crippen LogP contribution in [0.2, 0.25) is 0 Å². The second-order valence-corrected chi connectivity index (χ2v) is 13.4. The Morgan fingerprint density at radius 3 is 1.34 bits per heavy atom. The van der Waals surface area contributed by atoms with Crippen LogP contribution in [0.3, 0.4) is 0 Å². The quantitative estimate of drug-likeness (QED) is 0.171. The fourth-order valence-electron chi connectivity index (χ4n) is 8.32.